The first-order valence-corrected chi connectivity index (χ1v) is 5.42. The molecule has 0 bridgehead atoms. The lowest BCUT2D eigenvalue weighted by molar-refractivity contribution is -1.64. The quantitative estimate of drug-likeness (QED) is 0.375. The molecule has 0 radical (unpaired) electrons. The van der Waals surface area contributed by atoms with Crippen molar-refractivity contribution in [2.24, 2.45) is 11.5 Å². The van der Waals surface area contributed by atoms with Gasteiger partial charge in [-0.1, -0.05) is 0 Å². The normalized spacial score (nSPS) is 13.0. The monoisotopic (exact) mass is 258 g/mol. The lowest BCUT2D eigenvalue weighted by Crippen LogP contribution is -2.38. The Morgan fingerprint density at radius 1 is 1.54 bits per heavy atom. The molecule has 0 fully saturated rings. The van der Waals surface area contributed by atoms with Gasteiger partial charge in [0.1, 0.15) is 6.04 Å². The van der Waals surface area contributed by atoms with Crippen LogP contribution in [-0.2, 0) is 13.7 Å². The van der Waals surface area contributed by atoms with Crippen molar-refractivity contribution in [2.75, 3.05) is 6.54 Å². The van der Waals surface area contributed by atoms with Crippen LogP contribution >= 0.6 is 0 Å². The molecule has 0 aromatic heterocycles. The molecule has 7 nitrogen and oxygen atoms in total. The highest BCUT2D eigenvalue weighted by Crippen LogP contribution is 1.96. The molecule has 0 aliphatic heterocycles. The van der Waals surface area contributed by atoms with Crippen LogP contribution in [0.3, 0.4) is 0 Å². The van der Waals surface area contributed by atoms with Crippen LogP contribution in [-0.4, -0.2) is 18.6 Å². The lowest BCUT2D eigenvalue weighted by Gasteiger charge is -2.04. The van der Waals surface area contributed by atoms with E-state index < -0.39 is 26.8 Å². The van der Waals surface area contributed by atoms with E-state index >= 15 is 0 Å². The van der Waals surface area contributed by atoms with Gasteiger partial charge in [-0.3, -0.25) is 0 Å². The number of halogens is 1. The fourth-order valence-electron chi connectivity index (χ4n) is 0.574. The van der Waals surface area contributed by atoms with Crippen molar-refractivity contribution in [1.82, 2.24) is 0 Å². The van der Waals surface area contributed by atoms with E-state index in [1.165, 1.54) is 0 Å². The Kier molecular flexibility index (Phi) is 7.04. The summed E-state index contributed by atoms with van der Waals surface area (Å²) in [7, 11) is 0. The summed E-state index contributed by atoms with van der Waals surface area (Å²) in [5.74, 6) is -0.914. The molecule has 1 unspecified atom stereocenters. The minimum absolute atomic E-state index is 0.332. The summed E-state index contributed by atoms with van der Waals surface area (Å²) in [5.41, 5.74) is 10.5. The first-order valence-electron chi connectivity index (χ1n) is 3.48. The van der Waals surface area contributed by atoms with Crippen LogP contribution in [0.25, 0.3) is 0 Å². The van der Waals surface area contributed by atoms with Gasteiger partial charge in [0.15, 0.2) is 0 Å². The highest BCUT2D eigenvalue weighted by molar-refractivity contribution is 5.74. The van der Waals surface area contributed by atoms with Gasteiger partial charge < -0.3 is 19.9 Å². The number of carbonyl (C=O) groups is 1. The Bertz CT molecular complexity index is 156. The van der Waals surface area contributed by atoms with E-state index in [0.29, 0.717) is 19.4 Å². The summed E-state index contributed by atoms with van der Waals surface area (Å²) in [4.78, 5) is 14.7. The maximum Gasteiger partial charge on any atom is 0.497 e. The van der Waals surface area contributed by atoms with E-state index in [2.05, 4.69) is 8.87 Å². The van der Waals surface area contributed by atoms with E-state index in [0.717, 1.165) is 0 Å². The maximum atomic E-state index is 10.8. The van der Waals surface area contributed by atoms with Crippen LogP contribution < -0.4 is 19.9 Å². The Balaban J connectivity index is 3.57. The smallest absolute Gasteiger partial charge is 0.369 e. The van der Waals surface area contributed by atoms with Gasteiger partial charge >= 0.3 is 20.8 Å². The molecular weight excluding hydrogens is 248 g/mol. The number of hydrogen-bond acceptors (Lipinski definition) is 7. The zero-order valence-corrected chi connectivity index (χ0v) is 8.36. The second kappa shape index (κ2) is 7.18. The third kappa shape index (κ3) is 6.87. The summed E-state index contributed by atoms with van der Waals surface area (Å²) in [6.07, 6.45) is 0.891. The van der Waals surface area contributed by atoms with Gasteiger partial charge in [-0.05, 0) is 19.4 Å². The molecule has 0 aliphatic carbocycles. The van der Waals surface area contributed by atoms with Crippen molar-refractivity contribution < 1.29 is 36.9 Å². The van der Waals surface area contributed by atoms with Crippen LogP contribution in [0, 0.1) is 14.8 Å². The summed E-state index contributed by atoms with van der Waals surface area (Å²) in [6.45, 7) is 0.403. The van der Waals surface area contributed by atoms with Gasteiger partial charge in [0, 0.05) is 0 Å². The summed E-state index contributed by atoms with van der Waals surface area (Å²) < 4.78 is 23.4. The number of carbonyl (C=O) groups excluding carboxylic acids is 1. The molecule has 0 saturated carbocycles. The van der Waals surface area contributed by atoms with Crippen LogP contribution in [0.15, 0.2) is 0 Å². The number of rotatable bonds is 6. The van der Waals surface area contributed by atoms with Crippen molar-refractivity contribution in [2.45, 2.75) is 18.9 Å². The second-order valence-corrected chi connectivity index (χ2v) is 3.25. The molecule has 0 spiro atoms. The van der Waals surface area contributed by atoms with Crippen LogP contribution in [0.1, 0.15) is 12.8 Å². The second-order valence-electron chi connectivity index (χ2n) is 2.19. The van der Waals surface area contributed by atoms with E-state index in [-0.39, 0.29) is 0 Å². The molecule has 0 rings (SSSR count). The van der Waals surface area contributed by atoms with Gasteiger partial charge in [0.25, 0.3) is 0 Å². The molecule has 0 saturated heterocycles. The fourth-order valence-corrected chi connectivity index (χ4v) is 0.812. The highest BCUT2D eigenvalue weighted by Gasteiger charge is 2.22. The third-order valence-corrected chi connectivity index (χ3v) is 1.54. The Morgan fingerprint density at radius 2 is 2.15 bits per heavy atom. The van der Waals surface area contributed by atoms with Crippen molar-refractivity contribution in [3.63, 3.8) is 0 Å². The Hall–Kier alpha value is -0.250. The first kappa shape index (κ1) is 12.8. The molecule has 13 heavy (non-hydrogen) atoms. The molecule has 78 valence electrons. The van der Waals surface area contributed by atoms with Gasteiger partial charge in [-0.15, -0.1) is 0 Å². The largest absolute Gasteiger partial charge is 0.497 e. The van der Waals surface area contributed by atoms with Crippen LogP contribution in [0.2, 0.25) is 0 Å². The van der Waals surface area contributed by atoms with Crippen molar-refractivity contribution in [3.8, 4) is 0 Å². The zero-order valence-electron chi connectivity index (χ0n) is 6.77. The van der Waals surface area contributed by atoms with Gasteiger partial charge in [0.05, 0.1) is 0 Å². The molecule has 4 N–H and O–H groups in total. The average Bonchev–Trinajstić information content (AvgIpc) is 2.10. The molecule has 0 aromatic carbocycles. The predicted octanol–water partition coefficient (Wildman–Crippen LogP) is -3.39. The molecule has 0 amide bonds. The number of hydrogen-bond donors (Lipinski definition) is 2. The zero-order chi connectivity index (χ0) is 10.3. The topological polar surface area (TPSA) is 134 Å². The standard InChI is InChI=1S/C5H11BrN2O5/c7-3-1-2-4(8)5(9)12-13-6(10)11/h4H,1-3,7-8H2. The minimum atomic E-state index is -3.53. The van der Waals surface area contributed by atoms with Gasteiger partial charge in [-0.25, -0.2) is 9.68 Å². The summed E-state index contributed by atoms with van der Waals surface area (Å²) in [5, 5.41) is 0. The maximum absolute atomic E-state index is 10.8. The summed E-state index contributed by atoms with van der Waals surface area (Å²) in [6, 6.07) is -0.898. The summed E-state index contributed by atoms with van der Waals surface area (Å²) >= 11 is -3.53. The van der Waals surface area contributed by atoms with Crippen molar-refractivity contribution in [1.29, 1.82) is 0 Å². The molecular formula is C5H11BrN2O5. The van der Waals surface area contributed by atoms with Crippen molar-refractivity contribution >= 4 is 5.97 Å². The highest BCUT2D eigenvalue weighted by atomic mass is 80.0. The van der Waals surface area contributed by atoms with Gasteiger partial charge in [0.2, 0.25) is 3.98 Å². The van der Waals surface area contributed by atoms with Crippen molar-refractivity contribution in [3.05, 3.63) is 0 Å². The fraction of sp³-hybridized carbons (Fsp3) is 0.800. The van der Waals surface area contributed by atoms with Gasteiger partial charge in [-0.2, -0.15) is 0 Å². The minimum Gasteiger partial charge on any atom is -0.369 e. The van der Waals surface area contributed by atoms with Crippen LogP contribution in [0.4, 0.5) is 0 Å². The first-order chi connectivity index (χ1) is 6.07. The molecule has 0 aromatic rings. The SMILES string of the molecule is NCCCC(N)C(=O)OO[Br+2]([O-])[O-]. The molecule has 0 aliphatic rings. The average molecular weight is 259 g/mol. The van der Waals surface area contributed by atoms with E-state index in [9.17, 15) is 13.2 Å². The van der Waals surface area contributed by atoms with E-state index in [1.807, 2.05) is 0 Å². The lowest BCUT2D eigenvalue weighted by atomic mass is 10.2. The molecule has 8 heteroatoms. The third-order valence-electron chi connectivity index (χ3n) is 1.19. The molecule has 0 heterocycles. The van der Waals surface area contributed by atoms with E-state index in [1.54, 1.807) is 0 Å². The Labute approximate surface area is 80.3 Å². The van der Waals surface area contributed by atoms with Crippen LogP contribution in [0.5, 0.6) is 0 Å². The number of nitrogens with two attached hydrogens (primary N) is 2. The molecule has 1 atom stereocenters. The van der Waals surface area contributed by atoms with E-state index in [4.69, 9.17) is 11.5 Å². The predicted molar refractivity (Wildman–Crippen MR) is 33.4 cm³/mol. The Morgan fingerprint density at radius 3 is 2.62 bits per heavy atom.